The monoisotopic (exact) mass is 532 g/mol. The molecule has 0 radical (unpaired) electrons. The van der Waals surface area contributed by atoms with E-state index < -0.39 is 43.8 Å². The van der Waals surface area contributed by atoms with E-state index in [0.29, 0.717) is 10.9 Å². The lowest BCUT2D eigenvalue weighted by atomic mass is 10.0. The van der Waals surface area contributed by atoms with Gasteiger partial charge in [0.1, 0.15) is 16.5 Å². The van der Waals surface area contributed by atoms with Crippen LogP contribution in [0.15, 0.2) is 77.7 Å². The minimum atomic E-state index is -4.15. The minimum absolute atomic E-state index is 0.0220. The lowest BCUT2D eigenvalue weighted by molar-refractivity contribution is 0.396. The molecule has 0 fully saturated rings. The summed E-state index contributed by atoms with van der Waals surface area (Å²) in [7, 11) is -2.85. The summed E-state index contributed by atoms with van der Waals surface area (Å²) in [5.74, 6) is -2.29. The smallest absolute Gasteiger partial charge is 0.268 e. The number of aromatic nitrogens is 1. The average Bonchev–Trinajstić information content (AvgIpc) is 3.24. The number of hydrogen-bond acceptors (Lipinski definition) is 5. The van der Waals surface area contributed by atoms with Crippen molar-refractivity contribution >= 4 is 32.3 Å². The van der Waals surface area contributed by atoms with E-state index in [1.54, 1.807) is 69.3 Å². The van der Waals surface area contributed by atoms with E-state index in [-0.39, 0.29) is 21.9 Å². The maximum Gasteiger partial charge on any atom is 0.268 e. The molecule has 0 spiro atoms. The fourth-order valence-corrected chi connectivity index (χ4v) is 6.22. The fraction of sp³-hybridized carbons (Fsp3) is 0.231. The zero-order valence-electron chi connectivity index (χ0n) is 20.2. The first-order valence-corrected chi connectivity index (χ1v) is 13.7. The summed E-state index contributed by atoms with van der Waals surface area (Å²) >= 11 is -1.72. The van der Waals surface area contributed by atoms with E-state index >= 15 is 0 Å². The summed E-state index contributed by atoms with van der Waals surface area (Å²) in [4.78, 5) is 0.0422. The van der Waals surface area contributed by atoms with Gasteiger partial charge in [0.2, 0.25) is 0 Å². The van der Waals surface area contributed by atoms with Crippen molar-refractivity contribution in [2.45, 2.75) is 36.5 Å². The largest absolute Gasteiger partial charge is 0.598 e. The summed E-state index contributed by atoms with van der Waals surface area (Å²) in [5.41, 5.74) is 0.648. The SMILES string of the molecule is COc1cc(F)c(F)cc1C(N[S+]([O-])C(C)(C)C)c1cc2ccccc2n1S(=O)(=O)c1ccccc1. The third-order valence-corrected chi connectivity index (χ3v) is 8.95. The van der Waals surface area contributed by atoms with E-state index in [2.05, 4.69) is 4.72 Å². The predicted molar refractivity (Wildman–Crippen MR) is 137 cm³/mol. The maximum atomic E-state index is 14.5. The molecule has 3 aromatic carbocycles. The Morgan fingerprint density at radius 3 is 2.22 bits per heavy atom. The van der Waals surface area contributed by atoms with Crippen molar-refractivity contribution in [3.05, 3.63) is 95.7 Å². The number of para-hydroxylation sites is 1. The summed E-state index contributed by atoms with van der Waals surface area (Å²) < 4.78 is 78.3. The Balaban J connectivity index is 2.06. The van der Waals surface area contributed by atoms with Gasteiger partial charge in [-0.1, -0.05) is 36.4 Å². The average molecular weight is 533 g/mol. The molecule has 0 aliphatic heterocycles. The Morgan fingerprint density at radius 1 is 0.972 bits per heavy atom. The van der Waals surface area contributed by atoms with Crippen LogP contribution in [-0.4, -0.2) is 28.8 Å². The van der Waals surface area contributed by atoms with Gasteiger partial charge in [-0.25, -0.2) is 21.2 Å². The number of hydrogen-bond donors (Lipinski definition) is 1. The highest BCUT2D eigenvalue weighted by molar-refractivity contribution is 7.91. The number of benzene rings is 3. The normalized spacial score (nSPS) is 14.1. The highest BCUT2D eigenvalue weighted by Crippen LogP contribution is 2.38. The van der Waals surface area contributed by atoms with Crippen LogP contribution in [0.5, 0.6) is 5.75 Å². The van der Waals surface area contributed by atoms with Crippen LogP contribution in [0, 0.1) is 11.6 Å². The van der Waals surface area contributed by atoms with Crippen molar-refractivity contribution in [2.75, 3.05) is 7.11 Å². The molecular formula is C26H26F2N2O4S2. The van der Waals surface area contributed by atoms with Crippen LogP contribution in [0.3, 0.4) is 0 Å². The van der Waals surface area contributed by atoms with Gasteiger partial charge in [0, 0.05) is 28.4 Å². The maximum absolute atomic E-state index is 14.5. The number of rotatable bonds is 7. The molecule has 1 heterocycles. The quantitative estimate of drug-likeness (QED) is 0.326. The molecule has 0 saturated heterocycles. The molecule has 2 atom stereocenters. The van der Waals surface area contributed by atoms with Gasteiger partial charge < -0.3 is 9.29 Å². The number of fused-ring (bicyclic) bond motifs is 1. The minimum Gasteiger partial charge on any atom is -0.598 e. The van der Waals surface area contributed by atoms with Crippen LogP contribution >= 0.6 is 0 Å². The topological polar surface area (TPSA) is 83.4 Å². The summed E-state index contributed by atoms with van der Waals surface area (Å²) in [5, 5.41) is 0.599. The molecule has 2 unspecified atom stereocenters. The molecule has 0 bridgehead atoms. The second-order valence-electron chi connectivity index (χ2n) is 9.15. The second kappa shape index (κ2) is 9.85. The lowest BCUT2D eigenvalue weighted by Gasteiger charge is -2.29. The van der Waals surface area contributed by atoms with Crippen LogP contribution in [0.2, 0.25) is 0 Å². The zero-order valence-corrected chi connectivity index (χ0v) is 21.8. The van der Waals surface area contributed by atoms with Crippen molar-refractivity contribution in [3.8, 4) is 5.75 Å². The molecule has 10 heteroatoms. The molecule has 190 valence electrons. The van der Waals surface area contributed by atoms with E-state index in [9.17, 15) is 21.8 Å². The molecule has 4 rings (SSSR count). The molecular weight excluding hydrogens is 506 g/mol. The van der Waals surface area contributed by atoms with Crippen molar-refractivity contribution in [1.82, 2.24) is 8.69 Å². The van der Waals surface area contributed by atoms with E-state index in [1.165, 1.54) is 19.2 Å². The molecule has 4 aromatic rings. The summed E-state index contributed by atoms with van der Waals surface area (Å²) in [6.45, 7) is 5.23. The van der Waals surface area contributed by atoms with Crippen LogP contribution in [0.25, 0.3) is 10.9 Å². The summed E-state index contributed by atoms with van der Waals surface area (Å²) in [6.07, 6.45) is 0. The number of methoxy groups -OCH3 is 1. The van der Waals surface area contributed by atoms with Gasteiger partial charge in [-0.15, -0.1) is 4.72 Å². The predicted octanol–water partition coefficient (Wildman–Crippen LogP) is 5.31. The second-order valence-corrected chi connectivity index (χ2v) is 12.9. The van der Waals surface area contributed by atoms with E-state index in [0.717, 1.165) is 16.1 Å². The van der Waals surface area contributed by atoms with Crippen molar-refractivity contribution < 1.29 is 26.5 Å². The number of nitrogens with one attached hydrogen (secondary N) is 1. The number of halogens is 2. The molecule has 0 aliphatic rings. The van der Waals surface area contributed by atoms with Gasteiger partial charge in [0.05, 0.1) is 23.2 Å². The van der Waals surface area contributed by atoms with Gasteiger partial charge in [0.25, 0.3) is 10.0 Å². The summed E-state index contributed by atoms with van der Waals surface area (Å²) in [6, 6.07) is 17.1. The first kappa shape index (κ1) is 26.2. The highest BCUT2D eigenvalue weighted by atomic mass is 32.2. The van der Waals surface area contributed by atoms with Crippen LogP contribution < -0.4 is 9.46 Å². The van der Waals surface area contributed by atoms with Crippen LogP contribution in [0.4, 0.5) is 8.78 Å². The van der Waals surface area contributed by atoms with E-state index in [4.69, 9.17) is 4.74 Å². The van der Waals surface area contributed by atoms with Crippen molar-refractivity contribution in [2.24, 2.45) is 0 Å². The van der Waals surface area contributed by atoms with Crippen LogP contribution in [0.1, 0.15) is 38.1 Å². The Labute approximate surface area is 212 Å². The Bertz CT molecular complexity index is 1500. The van der Waals surface area contributed by atoms with Gasteiger partial charge in [-0.2, -0.15) is 0 Å². The van der Waals surface area contributed by atoms with E-state index in [1.807, 2.05) is 0 Å². The fourth-order valence-electron chi connectivity index (χ4n) is 3.83. The van der Waals surface area contributed by atoms with Crippen molar-refractivity contribution in [3.63, 3.8) is 0 Å². The first-order chi connectivity index (χ1) is 16.9. The zero-order chi connectivity index (χ0) is 26.3. The Hall–Kier alpha value is -2.92. The molecule has 1 N–H and O–H groups in total. The lowest BCUT2D eigenvalue weighted by Crippen LogP contribution is -2.42. The Kier molecular flexibility index (Phi) is 7.16. The molecule has 6 nitrogen and oxygen atoms in total. The van der Waals surface area contributed by atoms with Gasteiger partial charge in [0.15, 0.2) is 11.6 Å². The van der Waals surface area contributed by atoms with Gasteiger partial charge in [-0.05, 0) is 51.1 Å². The first-order valence-electron chi connectivity index (χ1n) is 11.1. The molecule has 36 heavy (non-hydrogen) atoms. The third kappa shape index (κ3) is 4.86. The van der Waals surface area contributed by atoms with Crippen LogP contribution in [-0.2, 0) is 21.4 Å². The number of nitrogens with zero attached hydrogens (tertiary/aromatic N) is 1. The molecule has 0 saturated carbocycles. The third-order valence-electron chi connectivity index (χ3n) is 5.64. The van der Waals surface area contributed by atoms with Gasteiger partial charge >= 0.3 is 0 Å². The molecule has 0 amide bonds. The van der Waals surface area contributed by atoms with Crippen molar-refractivity contribution in [1.29, 1.82) is 0 Å². The van der Waals surface area contributed by atoms with Gasteiger partial charge in [-0.3, -0.25) is 0 Å². The number of ether oxygens (including phenoxy) is 1. The standard InChI is InChI=1S/C26H26F2N2O4S2/c1-26(2,3)35(31)29-25(19-15-20(27)21(28)16-24(19)34-4)23-14-17-10-8-9-13-22(17)30(23)36(32,33)18-11-6-5-7-12-18/h5-16,25,29H,1-4H3. The highest BCUT2D eigenvalue weighted by Gasteiger charge is 2.36. The molecule has 1 aromatic heterocycles. The molecule has 0 aliphatic carbocycles. The Morgan fingerprint density at radius 2 is 1.58 bits per heavy atom.